The second-order valence-corrected chi connectivity index (χ2v) is 5.00. The van der Waals surface area contributed by atoms with Crippen molar-refractivity contribution < 1.29 is 4.39 Å². The van der Waals surface area contributed by atoms with Crippen molar-refractivity contribution >= 4 is 5.69 Å². The van der Waals surface area contributed by atoms with Crippen molar-refractivity contribution in [3.63, 3.8) is 0 Å². The van der Waals surface area contributed by atoms with Crippen molar-refractivity contribution in [2.75, 3.05) is 38.1 Å². The number of hydrogen-bond donors (Lipinski definition) is 0. The molecule has 2 heterocycles. The molecule has 2 fully saturated rings. The summed E-state index contributed by atoms with van der Waals surface area (Å²) in [6.45, 7) is 4.68. The highest BCUT2D eigenvalue weighted by atomic mass is 19.1. The van der Waals surface area contributed by atoms with Gasteiger partial charge in [-0.1, -0.05) is 0 Å². The van der Waals surface area contributed by atoms with E-state index in [0.717, 1.165) is 18.8 Å². The van der Waals surface area contributed by atoms with Crippen molar-refractivity contribution in [2.24, 2.45) is 5.41 Å². The predicted molar refractivity (Wildman–Crippen MR) is 58.5 cm³/mol. The van der Waals surface area contributed by atoms with Crippen LogP contribution < -0.4 is 4.90 Å². The van der Waals surface area contributed by atoms with Crippen LogP contribution in [0.5, 0.6) is 0 Å². The molecule has 0 saturated carbocycles. The van der Waals surface area contributed by atoms with Crippen LogP contribution >= 0.6 is 0 Å². The van der Waals surface area contributed by atoms with Gasteiger partial charge in [0.1, 0.15) is 5.82 Å². The van der Waals surface area contributed by atoms with Gasteiger partial charge in [-0.3, -0.25) is 0 Å². The van der Waals surface area contributed by atoms with E-state index in [1.54, 1.807) is 0 Å². The Kier molecular flexibility index (Phi) is 1.80. The molecule has 0 atom stereocenters. The van der Waals surface area contributed by atoms with Gasteiger partial charge in [0.2, 0.25) is 0 Å². The largest absolute Gasteiger partial charge is 0.370 e. The number of halogens is 1. The summed E-state index contributed by atoms with van der Waals surface area (Å²) < 4.78 is 12.7. The number of hydrogen-bond acceptors (Lipinski definition) is 2. The normalized spacial score (nSPS) is 23.7. The van der Waals surface area contributed by atoms with Gasteiger partial charge in [0.15, 0.2) is 0 Å². The molecule has 0 aromatic heterocycles. The van der Waals surface area contributed by atoms with Crippen molar-refractivity contribution in [2.45, 2.75) is 0 Å². The summed E-state index contributed by atoms with van der Waals surface area (Å²) in [5.74, 6) is -0.155. The van der Waals surface area contributed by atoms with E-state index in [0.29, 0.717) is 5.41 Å². The zero-order valence-corrected chi connectivity index (χ0v) is 8.91. The molecule has 0 unspecified atom stereocenters. The number of benzene rings is 1. The standard InChI is InChI=1S/C12H15FN2/c1-14-6-12(7-14)8-15(9-12)11-4-2-10(13)3-5-11/h2-5H,6-9H2,1H3. The zero-order valence-electron chi connectivity index (χ0n) is 8.91. The molecule has 2 nitrogen and oxygen atoms in total. The molecule has 80 valence electrons. The molecule has 1 aromatic rings. The van der Waals surface area contributed by atoms with Gasteiger partial charge in [-0.05, 0) is 31.3 Å². The maximum absolute atomic E-state index is 12.7. The number of rotatable bonds is 1. The van der Waals surface area contributed by atoms with E-state index in [-0.39, 0.29) is 5.82 Å². The maximum atomic E-state index is 12.7. The average Bonchev–Trinajstić information content (AvgIpc) is 2.11. The van der Waals surface area contributed by atoms with Crippen molar-refractivity contribution in [3.8, 4) is 0 Å². The first-order valence-electron chi connectivity index (χ1n) is 5.36. The van der Waals surface area contributed by atoms with E-state index in [2.05, 4.69) is 16.8 Å². The number of nitrogens with zero attached hydrogens (tertiary/aromatic N) is 2. The molecule has 2 aliphatic rings. The first-order chi connectivity index (χ1) is 7.17. The van der Waals surface area contributed by atoms with Gasteiger partial charge in [0, 0.05) is 37.3 Å². The molecule has 2 saturated heterocycles. The van der Waals surface area contributed by atoms with Crippen LogP contribution in [-0.2, 0) is 0 Å². The van der Waals surface area contributed by atoms with E-state index < -0.39 is 0 Å². The lowest BCUT2D eigenvalue weighted by Crippen LogP contribution is -2.71. The molecule has 3 rings (SSSR count). The van der Waals surface area contributed by atoms with Gasteiger partial charge < -0.3 is 9.80 Å². The Balaban J connectivity index is 1.65. The maximum Gasteiger partial charge on any atom is 0.123 e. The van der Waals surface area contributed by atoms with Gasteiger partial charge in [0.25, 0.3) is 0 Å². The van der Waals surface area contributed by atoms with Crippen LogP contribution in [0.25, 0.3) is 0 Å². The number of likely N-dealkylation sites (tertiary alicyclic amines) is 1. The summed E-state index contributed by atoms with van der Waals surface area (Å²) in [6.07, 6.45) is 0. The van der Waals surface area contributed by atoms with Crippen LogP contribution in [0.1, 0.15) is 0 Å². The van der Waals surface area contributed by atoms with Crippen LogP contribution in [0.3, 0.4) is 0 Å². The Bertz CT molecular complexity index is 360. The van der Waals surface area contributed by atoms with Gasteiger partial charge in [-0.25, -0.2) is 4.39 Å². The lowest BCUT2D eigenvalue weighted by molar-refractivity contribution is -0.00239. The third-order valence-corrected chi connectivity index (χ3v) is 3.45. The Morgan fingerprint density at radius 1 is 1.07 bits per heavy atom. The van der Waals surface area contributed by atoms with Gasteiger partial charge in [0.05, 0.1) is 0 Å². The zero-order chi connectivity index (χ0) is 10.5. The molecule has 2 aliphatic heterocycles. The lowest BCUT2D eigenvalue weighted by atomic mass is 9.73. The van der Waals surface area contributed by atoms with E-state index in [1.807, 2.05) is 12.1 Å². The summed E-state index contributed by atoms with van der Waals surface area (Å²) in [5, 5.41) is 0. The first kappa shape index (κ1) is 9.16. The minimum Gasteiger partial charge on any atom is -0.370 e. The molecule has 15 heavy (non-hydrogen) atoms. The Morgan fingerprint density at radius 2 is 1.67 bits per heavy atom. The molecule has 0 N–H and O–H groups in total. The van der Waals surface area contributed by atoms with Crippen LogP contribution in [0.15, 0.2) is 24.3 Å². The third-order valence-electron chi connectivity index (χ3n) is 3.45. The second kappa shape index (κ2) is 2.95. The lowest BCUT2D eigenvalue weighted by Gasteiger charge is -2.60. The molecule has 1 spiro atoms. The Labute approximate surface area is 89.3 Å². The summed E-state index contributed by atoms with van der Waals surface area (Å²) in [4.78, 5) is 4.68. The minimum atomic E-state index is -0.155. The minimum absolute atomic E-state index is 0.155. The van der Waals surface area contributed by atoms with Gasteiger partial charge in [-0.15, -0.1) is 0 Å². The molecule has 3 heteroatoms. The van der Waals surface area contributed by atoms with Crippen LogP contribution in [0.2, 0.25) is 0 Å². The van der Waals surface area contributed by atoms with E-state index in [4.69, 9.17) is 0 Å². The van der Waals surface area contributed by atoms with Crippen LogP contribution in [-0.4, -0.2) is 38.1 Å². The van der Waals surface area contributed by atoms with Crippen LogP contribution in [0.4, 0.5) is 10.1 Å². The van der Waals surface area contributed by atoms with E-state index in [1.165, 1.54) is 25.2 Å². The first-order valence-corrected chi connectivity index (χ1v) is 5.36. The fourth-order valence-corrected chi connectivity index (χ4v) is 2.90. The SMILES string of the molecule is CN1CC2(C1)CN(c1ccc(F)cc1)C2. The molecular formula is C12H15FN2. The Hall–Kier alpha value is -1.09. The quantitative estimate of drug-likeness (QED) is 0.688. The van der Waals surface area contributed by atoms with E-state index in [9.17, 15) is 4.39 Å². The molecule has 0 radical (unpaired) electrons. The number of anilines is 1. The molecule has 0 aliphatic carbocycles. The predicted octanol–water partition coefficient (Wildman–Crippen LogP) is 1.58. The highest BCUT2D eigenvalue weighted by molar-refractivity contribution is 5.50. The summed E-state index contributed by atoms with van der Waals surface area (Å²) in [6, 6.07) is 6.80. The van der Waals surface area contributed by atoms with Gasteiger partial charge >= 0.3 is 0 Å². The summed E-state index contributed by atoms with van der Waals surface area (Å²) in [7, 11) is 2.16. The van der Waals surface area contributed by atoms with Gasteiger partial charge in [-0.2, -0.15) is 0 Å². The van der Waals surface area contributed by atoms with Crippen LogP contribution in [0, 0.1) is 11.2 Å². The smallest absolute Gasteiger partial charge is 0.123 e. The fraction of sp³-hybridized carbons (Fsp3) is 0.500. The molecule has 0 bridgehead atoms. The Morgan fingerprint density at radius 3 is 2.20 bits per heavy atom. The third kappa shape index (κ3) is 1.42. The monoisotopic (exact) mass is 206 g/mol. The highest BCUT2D eigenvalue weighted by Crippen LogP contribution is 2.40. The molecular weight excluding hydrogens is 191 g/mol. The van der Waals surface area contributed by atoms with E-state index >= 15 is 0 Å². The highest BCUT2D eigenvalue weighted by Gasteiger charge is 2.50. The van der Waals surface area contributed by atoms with Crippen molar-refractivity contribution in [1.82, 2.24) is 4.90 Å². The summed E-state index contributed by atoms with van der Waals surface area (Å²) >= 11 is 0. The average molecular weight is 206 g/mol. The molecule has 1 aromatic carbocycles. The topological polar surface area (TPSA) is 6.48 Å². The van der Waals surface area contributed by atoms with Crippen molar-refractivity contribution in [3.05, 3.63) is 30.1 Å². The summed E-state index contributed by atoms with van der Waals surface area (Å²) in [5.41, 5.74) is 1.69. The second-order valence-electron chi connectivity index (χ2n) is 5.00. The van der Waals surface area contributed by atoms with Crippen molar-refractivity contribution in [1.29, 1.82) is 0 Å². The fourth-order valence-electron chi connectivity index (χ4n) is 2.90. The molecule has 0 amide bonds.